The van der Waals surface area contributed by atoms with E-state index >= 15 is 0 Å². The number of nitrogens with zero attached hydrogens (tertiary/aromatic N) is 2. The van der Waals surface area contributed by atoms with Gasteiger partial charge in [0.2, 0.25) is 11.8 Å². The number of hydrogen-bond acceptors (Lipinski definition) is 6. The number of aromatic nitrogens is 1. The first kappa shape index (κ1) is 22.8. The van der Waals surface area contributed by atoms with Crippen LogP contribution in [0, 0.1) is 6.92 Å². The third-order valence-electron chi connectivity index (χ3n) is 5.01. The molecule has 0 fully saturated rings. The highest BCUT2D eigenvalue weighted by molar-refractivity contribution is 7.15. The molecular formula is C21H31N5O2S. The van der Waals surface area contributed by atoms with E-state index in [9.17, 15) is 9.59 Å². The minimum Gasteiger partial charge on any atom is -0.375 e. The molecule has 0 spiro atoms. The summed E-state index contributed by atoms with van der Waals surface area (Å²) in [5, 5.41) is 6.28. The van der Waals surface area contributed by atoms with E-state index in [2.05, 4.69) is 15.6 Å². The number of likely N-dealkylation sites (N-methyl/N-ethyl adjacent to an activating group) is 1. The zero-order valence-electron chi connectivity index (χ0n) is 17.7. The summed E-state index contributed by atoms with van der Waals surface area (Å²) in [6, 6.07) is 7.17. The monoisotopic (exact) mass is 417 g/mol. The second kappa shape index (κ2) is 10.4. The Balaban J connectivity index is 2.09. The lowest BCUT2D eigenvalue weighted by Gasteiger charge is -2.29. The first-order chi connectivity index (χ1) is 13.7. The van der Waals surface area contributed by atoms with Crippen molar-refractivity contribution in [2.75, 3.05) is 12.8 Å². The number of benzene rings is 1. The Labute approximate surface area is 176 Å². The minimum absolute atomic E-state index is 0.171. The molecular weight excluding hydrogens is 386 g/mol. The van der Waals surface area contributed by atoms with Gasteiger partial charge in [-0.3, -0.25) is 14.5 Å². The van der Waals surface area contributed by atoms with Crippen molar-refractivity contribution in [3.63, 3.8) is 0 Å². The van der Waals surface area contributed by atoms with E-state index in [1.165, 1.54) is 11.3 Å². The van der Waals surface area contributed by atoms with Crippen LogP contribution in [0.25, 0.3) is 0 Å². The molecule has 0 saturated heterocycles. The average molecular weight is 418 g/mol. The molecule has 8 heteroatoms. The Hall–Kier alpha value is -2.45. The summed E-state index contributed by atoms with van der Waals surface area (Å²) >= 11 is 1.33. The lowest BCUT2D eigenvalue weighted by atomic mass is 10.0. The highest BCUT2D eigenvalue weighted by Crippen LogP contribution is 2.14. The number of amides is 2. The van der Waals surface area contributed by atoms with Crippen LogP contribution in [0.5, 0.6) is 0 Å². The summed E-state index contributed by atoms with van der Waals surface area (Å²) in [5.74, 6) is -0.402. The molecule has 2 amide bonds. The highest BCUT2D eigenvalue weighted by Gasteiger charge is 2.26. The smallest absolute Gasteiger partial charge is 0.243 e. The zero-order valence-corrected chi connectivity index (χ0v) is 18.5. The minimum atomic E-state index is -0.668. The second-order valence-corrected chi connectivity index (χ2v) is 8.72. The van der Waals surface area contributed by atoms with E-state index < -0.39 is 6.04 Å². The second-order valence-electron chi connectivity index (χ2n) is 7.57. The molecule has 2 aromatic rings. The van der Waals surface area contributed by atoms with Gasteiger partial charge in [0.15, 0.2) is 5.13 Å². The van der Waals surface area contributed by atoms with Gasteiger partial charge >= 0.3 is 0 Å². The fraction of sp³-hybridized carbons (Fsp3) is 0.476. The van der Waals surface area contributed by atoms with Crippen LogP contribution in [0.1, 0.15) is 36.8 Å². The molecule has 0 aliphatic carbocycles. The van der Waals surface area contributed by atoms with Crippen molar-refractivity contribution in [2.24, 2.45) is 0 Å². The summed E-state index contributed by atoms with van der Waals surface area (Å²) in [6.07, 6.45) is 2.06. The number of nitrogens with two attached hydrogens (primary N) is 1. The maximum Gasteiger partial charge on any atom is 0.243 e. The molecule has 1 heterocycles. The fourth-order valence-electron chi connectivity index (χ4n) is 2.80. The summed E-state index contributed by atoms with van der Waals surface area (Å²) in [6.45, 7) is 8.24. The van der Waals surface area contributed by atoms with Crippen molar-refractivity contribution in [3.8, 4) is 0 Å². The van der Waals surface area contributed by atoms with Crippen LogP contribution in [0.3, 0.4) is 0 Å². The number of aryl methyl sites for hydroxylation is 1. The van der Waals surface area contributed by atoms with Gasteiger partial charge in [-0.2, -0.15) is 0 Å². The van der Waals surface area contributed by atoms with Gasteiger partial charge in [-0.05, 0) is 40.3 Å². The topological polar surface area (TPSA) is 100 Å². The quantitative estimate of drug-likeness (QED) is 0.580. The Morgan fingerprint density at radius 2 is 1.83 bits per heavy atom. The van der Waals surface area contributed by atoms with Gasteiger partial charge in [0.05, 0.1) is 12.6 Å². The van der Waals surface area contributed by atoms with Gasteiger partial charge in [0, 0.05) is 23.5 Å². The lowest BCUT2D eigenvalue weighted by molar-refractivity contribution is -0.131. The van der Waals surface area contributed by atoms with Crippen molar-refractivity contribution >= 4 is 28.3 Å². The number of thiazole rings is 1. The number of carbonyl (C=O) groups is 2. The SMILES string of the molecule is Cc1ccc(C[C@H](NC(=O)C(C)N(C)C(C)C)C(=O)NCc2cnc(N)s2)cc1. The first-order valence-corrected chi connectivity index (χ1v) is 10.5. The lowest BCUT2D eigenvalue weighted by Crippen LogP contribution is -2.53. The van der Waals surface area contributed by atoms with Gasteiger partial charge in [-0.25, -0.2) is 4.98 Å². The van der Waals surface area contributed by atoms with E-state index in [-0.39, 0.29) is 23.9 Å². The molecule has 0 aliphatic heterocycles. The van der Waals surface area contributed by atoms with Crippen LogP contribution in [0.4, 0.5) is 5.13 Å². The molecule has 158 valence electrons. The van der Waals surface area contributed by atoms with Crippen LogP contribution >= 0.6 is 11.3 Å². The van der Waals surface area contributed by atoms with E-state index in [0.29, 0.717) is 18.1 Å². The average Bonchev–Trinajstić information content (AvgIpc) is 3.11. The maximum atomic E-state index is 12.9. The number of carbonyl (C=O) groups excluding carboxylic acids is 2. The van der Waals surface area contributed by atoms with Gasteiger partial charge < -0.3 is 16.4 Å². The zero-order chi connectivity index (χ0) is 21.6. The molecule has 1 aromatic carbocycles. The maximum absolute atomic E-state index is 12.9. The molecule has 7 nitrogen and oxygen atoms in total. The number of anilines is 1. The molecule has 0 aliphatic rings. The van der Waals surface area contributed by atoms with Crippen LogP contribution in [0.15, 0.2) is 30.5 Å². The van der Waals surface area contributed by atoms with Gasteiger partial charge in [0.25, 0.3) is 0 Å². The van der Waals surface area contributed by atoms with Gasteiger partial charge in [0.1, 0.15) is 6.04 Å². The van der Waals surface area contributed by atoms with Crippen molar-refractivity contribution < 1.29 is 9.59 Å². The molecule has 2 rings (SSSR count). The highest BCUT2D eigenvalue weighted by atomic mass is 32.1. The molecule has 1 unspecified atom stereocenters. The van der Waals surface area contributed by atoms with Gasteiger partial charge in [-0.1, -0.05) is 29.8 Å². The van der Waals surface area contributed by atoms with Crippen LogP contribution < -0.4 is 16.4 Å². The fourth-order valence-corrected chi connectivity index (χ4v) is 3.42. The first-order valence-electron chi connectivity index (χ1n) is 9.73. The molecule has 4 N–H and O–H groups in total. The standard InChI is InChI=1S/C21H31N5O2S/c1-13(2)26(5)15(4)19(27)25-18(10-16-8-6-14(3)7-9-16)20(28)23-11-17-12-24-21(22)29-17/h6-9,12-13,15,18H,10-11H2,1-5H3,(H2,22,24)(H,23,28)(H,25,27)/t15?,18-/m0/s1. The van der Waals surface area contributed by atoms with E-state index in [0.717, 1.165) is 16.0 Å². The summed E-state index contributed by atoms with van der Waals surface area (Å²) in [7, 11) is 1.90. The Morgan fingerprint density at radius 1 is 1.17 bits per heavy atom. The van der Waals surface area contributed by atoms with Crippen molar-refractivity contribution in [3.05, 3.63) is 46.5 Å². The molecule has 0 bridgehead atoms. The van der Waals surface area contributed by atoms with E-state index in [4.69, 9.17) is 5.73 Å². The Bertz CT molecular complexity index is 819. The van der Waals surface area contributed by atoms with E-state index in [1.54, 1.807) is 6.20 Å². The summed E-state index contributed by atoms with van der Waals surface area (Å²) in [5.41, 5.74) is 7.78. The molecule has 1 aromatic heterocycles. The van der Waals surface area contributed by atoms with Gasteiger partial charge in [-0.15, -0.1) is 11.3 Å². The summed E-state index contributed by atoms with van der Waals surface area (Å²) < 4.78 is 0. The molecule has 2 atom stereocenters. The predicted molar refractivity (Wildman–Crippen MR) is 118 cm³/mol. The Kier molecular flexibility index (Phi) is 8.16. The number of nitrogens with one attached hydrogen (secondary N) is 2. The molecule has 0 saturated carbocycles. The van der Waals surface area contributed by atoms with Crippen molar-refractivity contribution in [1.82, 2.24) is 20.5 Å². The summed E-state index contributed by atoms with van der Waals surface area (Å²) in [4.78, 5) is 32.5. The molecule has 29 heavy (non-hydrogen) atoms. The van der Waals surface area contributed by atoms with E-state index in [1.807, 2.05) is 63.9 Å². The third-order valence-corrected chi connectivity index (χ3v) is 5.83. The number of rotatable bonds is 9. The number of hydrogen-bond donors (Lipinski definition) is 3. The third kappa shape index (κ3) is 6.83. The Morgan fingerprint density at radius 3 is 2.38 bits per heavy atom. The normalized spacial score (nSPS) is 13.3. The van der Waals surface area contributed by atoms with Crippen LogP contribution in [-0.2, 0) is 22.6 Å². The van der Waals surface area contributed by atoms with Crippen molar-refractivity contribution in [2.45, 2.75) is 58.8 Å². The number of nitrogen functional groups attached to an aromatic ring is 1. The largest absolute Gasteiger partial charge is 0.375 e. The molecule has 0 radical (unpaired) electrons. The van der Waals surface area contributed by atoms with Crippen LogP contribution in [0.2, 0.25) is 0 Å². The van der Waals surface area contributed by atoms with Crippen molar-refractivity contribution in [1.29, 1.82) is 0 Å². The predicted octanol–water partition coefficient (Wildman–Crippen LogP) is 2.11. The van der Waals surface area contributed by atoms with Crippen LogP contribution in [-0.4, -0.2) is 46.9 Å².